The largest absolute Gasteiger partial charge is 0.394 e. The summed E-state index contributed by atoms with van der Waals surface area (Å²) in [4.78, 5) is 16.7. The Morgan fingerprint density at radius 2 is 2.25 bits per heavy atom. The van der Waals surface area contributed by atoms with E-state index in [-0.39, 0.29) is 12.3 Å². The SMILES string of the molecule is CN(c1ccnc(C(N)=O)c1)C(C)(C)CO. The van der Waals surface area contributed by atoms with E-state index in [4.69, 9.17) is 5.73 Å². The summed E-state index contributed by atoms with van der Waals surface area (Å²) in [5.74, 6) is -0.558. The molecule has 3 N–H and O–H groups in total. The van der Waals surface area contributed by atoms with Crippen molar-refractivity contribution < 1.29 is 9.90 Å². The van der Waals surface area contributed by atoms with E-state index in [9.17, 15) is 9.90 Å². The van der Waals surface area contributed by atoms with Crippen molar-refractivity contribution in [1.82, 2.24) is 4.98 Å². The van der Waals surface area contributed by atoms with Gasteiger partial charge in [-0.3, -0.25) is 9.78 Å². The summed E-state index contributed by atoms with van der Waals surface area (Å²) in [7, 11) is 1.84. The Kier molecular flexibility index (Phi) is 3.49. The molecule has 1 rings (SSSR count). The third-order valence-corrected chi connectivity index (χ3v) is 2.68. The van der Waals surface area contributed by atoms with E-state index in [1.54, 1.807) is 12.1 Å². The van der Waals surface area contributed by atoms with Gasteiger partial charge in [-0.1, -0.05) is 0 Å². The summed E-state index contributed by atoms with van der Waals surface area (Å²) in [5, 5.41) is 9.26. The number of amides is 1. The Bertz CT molecular complexity index is 391. The van der Waals surface area contributed by atoms with Crippen molar-refractivity contribution in [2.75, 3.05) is 18.6 Å². The molecule has 0 spiro atoms. The van der Waals surface area contributed by atoms with E-state index < -0.39 is 11.4 Å². The Hall–Kier alpha value is -1.62. The predicted molar refractivity (Wildman–Crippen MR) is 62.3 cm³/mol. The van der Waals surface area contributed by atoms with Crippen LogP contribution in [-0.2, 0) is 0 Å². The Morgan fingerprint density at radius 3 is 2.75 bits per heavy atom. The molecule has 1 amide bonds. The first-order valence-electron chi connectivity index (χ1n) is 4.99. The molecule has 0 fully saturated rings. The van der Waals surface area contributed by atoms with Crippen molar-refractivity contribution in [2.24, 2.45) is 5.73 Å². The molecule has 5 heteroatoms. The first-order chi connectivity index (χ1) is 7.38. The summed E-state index contributed by atoms with van der Waals surface area (Å²) in [6.07, 6.45) is 1.53. The minimum Gasteiger partial charge on any atom is -0.394 e. The van der Waals surface area contributed by atoms with Gasteiger partial charge in [-0.15, -0.1) is 0 Å². The molecular formula is C11H17N3O2. The molecule has 0 saturated heterocycles. The molecule has 0 aliphatic rings. The minimum atomic E-state index is -0.558. The summed E-state index contributed by atoms with van der Waals surface area (Å²) in [6.45, 7) is 3.81. The molecule has 0 bridgehead atoms. The van der Waals surface area contributed by atoms with Gasteiger partial charge in [-0.05, 0) is 26.0 Å². The zero-order valence-corrected chi connectivity index (χ0v) is 9.77. The molecule has 0 saturated carbocycles. The summed E-state index contributed by atoms with van der Waals surface area (Å²) in [5.41, 5.74) is 5.76. The molecule has 0 aliphatic carbocycles. The maximum absolute atomic E-state index is 11.0. The molecule has 0 radical (unpaired) electrons. The van der Waals surface area contributed by atoms with Gasteiger partial charge in [0.15, 0.2) is 0 Å². The lowest BCUT2D eigenvalue weighted by atomic mass is 10.0. The van der Waals surface area contributed by atoms with Gasteiger partial charge < -0.3 is 15.7 Å². The van der Waals surface area contributed by atoms with E-state index in [1.807, 2.05) is 25.8 Å². The number of anilines is 1. The van der Waals surface area contributed by atoms with Crippen LogP contribution < -0.4 is 10.6 Å². The number of rotatable bonds is 4. The quantitative estimate of drug-likeness (QED) is 0.773. The van der Waals surface area contributed by atoms with Crippen LogP contribution in [0.5, 0.6) is 0 Å². The Morgan fingerprint density at radius 1 is 1.62 bits per heavy atom. The smallest absolute Gasteiger partial charge is 0.267 e. The highest BCUT2D eigenvalue weighted by molar-refractivity contribution is 5.91. The van der Waals surface area contributed by atoms with E-state index in [1.165, 1.54) is 6.20 Å². The van der Waals surface area contributed by atoms with E-state index in [0.717, 1.165) is 5.69 Å². The third-order valence-electron chi connectivity index (χ3n) is 2.68. The van der Waals surface area contributed by atoms with E-state index in [0.29, 0.717) is 0 Å². The van der Waals surface area contributed by atoms with Crippen molar-refractivity contribution in [3.8, 4) is 0 Å². The van der Waals surface area contributed by atoms with Crippen LogP contribution in [0, 0.1) is 0 Å². The second-order valence-electron chi connectivity index (χ2n) is 4.29. The third kappa shape index (κ3) is 2.49. The molecule has 1 heterocycles. The first-order valence-corrected chi connectivity index (χ1v) is 4.99. The molecule has 5 nitrogen and oxygen atoms in total. The number of primary amides is 1. The van der Waals surface area contributed by atoms with Crippen molar-refractivity contribution >= 4 is 11.6 Å². The molecule has 16 heavy (non-hydrogen) atoms. The van der Waals surface area contributed by atoms with Crippen molar-refractivity contribution in [3.63, 3.8) is 0 Å². The van der Waals surface area contributed by atoms with Crippen LogP contribution in [0.3, 0.4) is 0 Å². The molecule has 0 aliphatic heterocycles. The topological polar surface area (TPSA) is 79.5 Å². The molecule has 0 atom stereocenters. The minimum absolute atomic E-state index is 0.0116. The number of aliphatic hydroxyl groups is 1. The fourth-order valence-corrected chi connectivity index (χ4v) is 1.22. The number of hydrogen-bond acceptors (Lipinski definition) is 4. The normalized spacial score (nSPS) is 11.2. The van der Waals surface area contributed by atoms with Crippen molar-refractivity contribution in [3.05, 3.63) is 24.0 Å². The van der Waals surface area contributed by atoms with Gasteiger partial charge >= 0.3 is 0 Å². The summed E-state index contributed by atoms with van der Waals surface area (Å²) >= 11 is 0. The zero-order chi connectivity index (χ0) is 12.3. The number of nitrogens with two attached hydrogens (primary N) is 1. The summed E-state index contributed by atoms with van der Waals surface area (Å²) in [6, 6.07) is 3.38. The Labute approximate surface area is 94.9 Å². The predicted octanol–water partition coefficient (Wildman–Crippen LogP) is 0.388. The average Bonchev–Trinajstić information content (AvgIpc) is 2.28. The number of nitrogens with zero attached hydrogens (tertiary/aromatic N) is 2. The second-order valence-corrected chi connectivity index (χ2v) is 4.29. The van der Waals surface area contributed by atoms with E-state index in [2.05, 4.69) is 4.98 Å². The number of aromatic nitrogens is 1. The van der Waals surface area contributed by atoms with Crippen LogP contribution in [-0.4, -0.2) is 35.2 Å². The monoisotopic (exact) mass is 223 g/mol. The molecule has 88 valence electrons. The molecule has 1 aromatic heterocycles. The summed E-state index contributed by atoms with van der Waals surface area (Å²) < 4.78 is 0. The maximum atomic E-state index is 11.0. The second kappa shape index (κ2) is 4.49. The Balaban J connectivity index is 3.05. The van der Waals surface area contributed by atoms with Gasteiger partial charge in [0, 0.05) is 18.9 Å². The number of carbonyl (C=O) groups excluding carboxylic acids is 1. The standard InChI is InChI=1S/C11H17N3O2/c1-11(2,7-15)14(3)8-4-5-13-9(6-8)10(12)16/h4-6,15H,7H2,1-3H3,(H2,12,16). The van der Waals surface area contributed by atoms with E-state index >= 15 is 0 Å². The fraction of sp³-hybridized carbons (Fsp3) is 0.455. The highest BCUT2D eigenvalue weighted by atomic mass is 16.3. The average molecular weight is 223 g/mol. The van der Waals surface area contributed by atoms with Crippen LogP contribution in [0.1, 0.15) is 24.3 Å². The van der Waals surface area contributed by atoms with Crippen molar-refractivity contribution in [2.45, 2.75) is 19.4 Å². The van der Waals surface area contributed by atoms with Crippen LogP contribution in [0.4, 0.5) is 5.69 Å². The zero-order valence-electron chi connectivity index (χ0n) is 9.77. The van der Waals surface area contributed by atoms with Crippen LogP contribution in [0.2, 0.25) is 0 Å². The number of carbonyl (C=O) groups is 1. The number of aliphatic hydroxyl groups excluding tert-OH is 1. The maximum Gasteiger partial charge on any atom is 0.267 e. The first kappa shape index (κ1) is 12.4. The molecular weight excluding hydrogens is 206 g/mol. The highest BCUT2D eigenvalue weighted by Crippen LogP contribution is 2.21. The van der Waals surface area contributed by atoms with Gasteiger partial charge in [-0.25, -0.2) is 0 Å². The number of pyridine rings is 1. The van der Waals surface area contributed by atoms with Gasteiger partial charge in [0.25, 0.3) is 5.91 Å². The van der Waals surface area contributed by atoms with Gasteiger partial charge in [0.2, 0.25) is 0 Å². The van der Waals surface area contributed by atoms with Gasteiger partial charge in [0.05, 0.1) is 12.1 Å². The highest BCUT2D eigenvalue weighted by Gasteiger charge is 2.23. The lowest BCUT2D eigenvalue weighted by Crippen LogP contribution is -2.44. The fourth-order valence-electron chi connectivity index (χ4n) is 1.22. The molecule has 0 aromatic carbocycles. The lowest BCUT2D eigenvalue weighted by Gasteiger charge is -2.35. The van der Waals surface area contributed by atoms with Crippen LogP contribution in [0.25, 0.3) is 0 Å². The molecule has 0 unspecified atom stereocenters. The van der Waals surface area contributed by atoms with Crippen molar-refractivity contribution in [1.29, 1.82) is 0 Å². The number of hydrogen-bond donors (Lipinski definition) is 2. The van der Waals surface area contributed by atoms with Gasteiger partial charge in [-0.2, -0.15) is 0 Å². The van der Waals surface area contributed by atoms with Crippen LogP contribution in [0.15, 0.2) is 18.3 Å². The molecule has 1 aromatic rings. The van der Waals surface area contributed by atoms with Crippen LogP contribution >= 0.6 is 0 Å². The number of likely N-dealkylation sites (N-methyl/N-ethyl adjacent to an activating group) is 1. The van der Waals surface area contributed by atoms with Gasteiger partial charge in [0.1, 0.15) is 5.69 Å². The lowest BCUT2D eigenvalue weighted by molar-refractivity contribution is 0.0995.